The van der Waals surface area contributed by atoms with E-state index in [0.29, 0.717) is 11.8 Å². The molecule has 0 atom stereocenters. The van der Waals surface area contributed by atoms with Gasteiger partial charge in [-0.2, -0.15) is 0 Å². The van der Waals surface area contributed by atoms with Crippen LogP contribution in [0.5, 0.6) is 0 Å². The summed E-state index contributed by atoms with van der Waals surface area (Å²) in [4.78, 5) is 3.95. The molecule has 1 fully saturated rings. The maximum atomic E-state index is 8.77. The molecular weight excluding hydrogens is 170 g/mol. The van der Waals surface area contributed by atoms with Crippen LogP contribution in [0.3, 0.4) is 0 Å². The molecule has 0 radical (unpaired) electrons. The number of aliphatic hydroxyl groups excluding tert-OH is 1. The van der Waals surface area contributed by atoms with Crippen molar-refractivity contribution >= 4 is 0 Å². The van der Waals surface area contributed by atoms with Gasteiger partial charge in [-0.1, -0.05) is 0 Å². The molecule has 1 aliphatic rings. The summed E-state index contributed by atoms with van der Waals surface area (Å²) >= 11 is 0. The first kappa shape index (κ1) is 8.72. The van der Waals surface area contributed by atoms with E-state index in [1.807, 2.05) is 0 Å². The van der Waals surface area contributed by atoms with Gasteiger partial charge in [-0.05, 0) is 12.8 Å². The van der Waals surface area contributed by atoms with Crippen LogP contribution >= 0.6 is 0 Å². The van der Waals surface area contributed by atoms with Gasteiger partial charge in [-0.3, -0.25) is 0 Å². The van der Waals surface area contributed by atoms with E-state index in [1.165, 1.54) is 0 Å². The number of nitrogens with zero attached hydrogens (tertiary/aromatic N) is 1. The molecule has 0 spiro atoms. The Kier molecular flexibility index (Phi) is 2.61. The van der Waals surface area contributed by atoms with Gasteiger partial charge < -0.3 is 14.3 Å². The Morgan fingerprint density at radius 3 is 2.85 bits per heavy atom. The van der Waals surface area contributed by atoms with Crippen molar-refractivity contribution in [3.05, 3.63) is 17.8 Å². The number of hydrogen-bond acceptors (Lipinski definition) is 4. The second-order valence-corrected chi connectivity index (χ2v) is 3.20. The molecule has 1 saturated heterocycles. The van der Waals surface area contributed by atoms with Crippen molar-refractivity contribution < 1.29 is 14.3 Å². The van der Waals surface area contributed by atoms with Crippen LogP contribution in [0.2, 0.25) is 0 Å². The third kappa shape index (κ3) is 1.89. The van der Waals surface area contributed by atoms with E-state index in [-0.39, 0.29) is 6.61 Å². The lowest BCUT2D eigenvalue weighted by Crippen LogP contribution is -2.13. The third-order valence-corrected chi connectivity index (χ3v) is 2.33. The largest absolute Gasteiger partial charge is 0.443 e. The monoisotopic (exact) mass is 183 g/mol. The molecule has 1 aromatic rings. The minimum absolute atomic E-state index is 0.122. The normalized spacial score (nSPS) is 19.2. The Morgan fingerprint density at radius 2 is 2.23 bits per heavy atom. The maximum absolute atomic E-state index is 8.77. The summed E-state index contributed by atoms with van der Waals surface area (Å²) in [5.74, 6) is 1.70. The highest BCUT2D eigenvalue weighted by Crippen LogP contribution is 2.27. The van der Waals surface area contributed by atoms with Crippen LogP contribution in [0.25, 0.3) is 0 Å². The Bertz CT molecular complexity index is 266. The van der Waals surface area contributed by atoms with Crippen molar-refractivity contribution in [1.29, 1.82) is 0 Å². The number of aliphatic hydroxyl groups is 1. The zero-order valence-corrected chi connectivity index (χ0v) is 7.40. The van der Waals surface area contributed by atoms with Gasteiger partial charge in [0.05, 0.1) is 6.20 Å². The highest BCUT2D eigenvalue weighted by molar-refractivity contribution is 5.02. The molecule has 0 saturated carbocycles. The minimum Gasteiger partial charge on any atom is -0.443 e. The Labute approximate surface area is 76.5 Å². The number of oxazole rings is 1. The summed E-state index contributed by atoms with van der Waals surface area (Å²) < 4.78 is 10.6. The van der Waals surface area contributed by atoms with Crippen LogP contribution in [0.15, 0.2) is 10.6 Å². The SMILES string of the molecule is OCc1ncc(C2CCOCC2)o1. The molecule has 2 rings (SSSR count). The molecule has 1 aromatic heterocycles. The van der Waals surface area contributed by atoms with Crippen LogP contribution in [-0.4, -0.2) is 23.3 Å². The summed E-state index contributed by atoms with van der Waals surface area (Å²) in [6, 6.07) is 0. The number of hydrogen-bond donors (Lipinski definition) is 1. The zero-order valence-electron chi connectivity index (χ0n) is 7.40. The molecule has 0 aliphatic carbocycles. The Morgan fingerprint density at radius 1 is 1.46 bits per heavy atom. The highest BCUT2D eigenvalue weighted by atomic mass is 16.5. The number of aromatic nitrogens is 1. The van der Waals surface area contributed by atoms with Gasteiger partial charge in [-0.15, -0.1) is 0 Å². The van der Waals surface area contributed by atoms with Crippen LogP contribution in [0.4, 0.5) is 0 Å². The first-order valence-electron chi connectivity index (χ1n) is 4.53. The van der Waals surface area contributed by atoms with Crippen molar-refractivity contribution in [1.82, 2.24) is 4.98 Å². The quantitative estimate of drug-likeness (QED) is 0.744. The van der Waals surface area contributed by atoms with E-state index in [9.17, 15) is 0 Å². The molecular formula is C9H13NO3. The topological polar surface area (TPSA) is 55.5 Å². The first-order valence-corrected chi connectivity index (χ1v) is 4.53. The van der Waals surface area contributed by atoms with Gasteiger partial charge in [-0.25, -0.2) is 4.98 Å². The van der Waals surface area contributed by atoms with Crippen LogP contribution in [-0.2, 0) is 11.3 Å². The average Bonchev–Trinajstić information content (AvgIpc) is 2.67. The van der Waals surface area contributed by atoms with Gasteiger partial charge in [0.2, 0.25) is 5.89 Å². The van der Waals surface area contributed by atoms with E-state index in [2.05, 4.69) is 4.98 Å². The Hall–Kier alpha value is -0.870. The summed E-state index contributed by atoms with van der Waals surface area (Å²) in [5, 5.41) is 8.77. The van der Waals surface area contributed by atoms with E-state index < -0.39 is 0 Å². The fourth-order valence-corrected chi connectivity index (χ4v) is 1.57. The molecule has 2 heterocycles. The van der Waals surface area contributed by atoms with Crippen molar-refractivity contribution in [3.63, 3.8) is 0 Å². The highest BCUT2D eigenvalue weighted by Gasteiger charge is 2.19. The molecule has 4 heteroatoms. The molecule has 1 aliphatic heterocycles. The summed E-state index contributed by atoms with van der Waals surface area (Å²) in [6.07, 6.45) is 3.68. The second kappa shape index (κ2) is 3.89. The lowest BCUT2D eigenvalue weighted by molar-refractivity contribution is 0.0798. The van der Waals surface area contributed by atoms with E-state index >= 15 is 0 Å². The van der Waals surface area contributed by atoms with Gasteiger partial charge in [0, 0.05) is 19.1 Å². The van der Waals surface area contributed by atoms with Crippen LogP contribution in [0, 0.1) is 0 Å². The average molecular weight is 183 g/mol. The lowest BCUT2D eigenvalue weighted by Gasteiger charge is -2.19. The van der Waals surface area contributed by atoms with Crippen LogP contribution in [0.1, 0.15) is 30.4 Å². The molecule has 72 valence electrons. The van der Waals surface area contributed by atoms with Gasteiger partial charge in [0.15, 0.2) is 0 Å². The van der Waals surface area contributed by atoms with E-state index in [0.717, 1.165) is 31.8 Å². The lowest BCUT2D eigenvalue weighted by atomic mass is 9.98. The molecule has 0 unspecified atom stereocenters. The third-order valence-electron chi connectivity index (χ3n) is 2.33. The molecule has 4 nitrogen and oxygen atoms in total. The predicted octanol–water partition coefficient (Wildman–Crippen LogP) is 1.06. The van der Waals surface area contributed by atoms with Gasteiger partial charge in [0.1, 0.15) is 12.4 Å². The second-order valence-electron chi connectivity index (χ2n) is 3.20. The van der Waals surface area contributed by atoms with Gasteiger partial charge >= 0.3 is 0 Å². The summed E-state index contributed by atoms with van der Waals surface area (Å²) in [7, 11) is 0. The number of rotatable bonds is 2. The molecule has 13 heavy (non-hydrogen) atoms. The number of ether oxygens (including phenoxy) is 1. The van der Waals surface area contributed by atoms with Crippen LogP contribution < -0.4 is 0 Å². The fraction of sp³-hybridized carbons (Fsp3) is 0.667. The summed E-state index contributed by atoms with van der Waals surface area (Å²) in [5.41, 5.74) is 0. The van der Waals surface area contributed by atoms with Crippen molar-refractivity contribution in [3.8, 4) is 0 Å². The van der Waals surface area contributed by atoms with Crippen molar-refractivity contribution in [2.75, 3.05) is 13.2 Å². The molecule has 0 bridgehead atoms. The van der Waals surface area contributed by atoms with Crippen molar-refractivity contribution in [2.24, 2.45) is 0 Å². The molecule has 1 N–H and O–H groups in total. The first-order chi connectivity index (χ1) is 6.40. The van der Waals surface area contributed by atoms with E-state index in [1.54, 1.807) is 6.20 Å². The van der Waals surface area contributed by atoms with E-state index in [4.69, 9.17) is 14.3 Å². The zero-order chi connectivity index (χ0) is 9.10. The minimum atomic E-state index is -0.122. The fourth-order valence-electron chi connectivity index (χ4n) is 1.57. The molecule has 0 amide bonds. The Balaban J connectivity index is 2.05. The maximum Gasteiger partial charge on any atom is 0.220 e. The molecule has 0 aromatic carbocycles. The van der Waals surface area contributed by atoms with Crippen molar-refractivity contribution in [2.45, 2.75) is 25.4 Å². The predicted molar refractivity (Wildman–Crippen MR) is 45.2 cm³/mol. The smallest absolute Gasteiger partial charge is 0.220 e. The van der Waals surface area contributed by atoms with Gasteiger partial charge in [0.25, 0.3) is 0 Å². The standard InChI is InChI=1S/C9H13NO3/c11-6-9-10-5-8(13-9)7-1-3-12-4-2-7/h5,7,11H,1-4,6H2. The summed E-state index contributed by atoms with van der Waals surface area (Å²) in [6.45, 7) is 1.46.